The fraction of sp³-hybridized carbons (Fsp3) is 0.579. The van der Waals surface area contributed by atoms with Crippen molar-refractivity contribution in [3.63, 3.8) is 0 Å². The van der Waals surface area contributed by atoms with E-state index in [1.165, 1.54) is 38.5 Å². The molecule has 1 atom stereocenters. The number of hydrogen-bond acceptors (Lipinski definition) is 2. The smallest absolute Gasteiger partial charge is 0.275 e. The van der Waals surface area contributed by atoms with Gasteiger partial charge in [-0.15, -0.1) is 0 Å². The molecule has 2 heterocycles. The van der Waals surface area contributed by atoms with Crippen LogP contribution in [0.25, 0.3) is 10.9 Å². The topological polar surface area (TPSA) is 49.0 Å². The Hall–Kier alpha value is -1.84. The standard InChI is InChI=1S/C19H25N3O/c23-19(18-16-10-4-5-11-17(16)20-21-18)22-12-6-9-15(22)13-14-7-2-1-3-8-14/h4-5,10-11,14-15H,1-3,6-9,12-13H2,(H,20,21). The van der Waals surface area contributed by atoms with E-state index in [9.17, 15) is 4.79 Å². The number of para-hydroxylation sites is 1. The number of benzene rings is 1. The molecule has 1 aromatic carbocycles. The normalized spacial score (nSPS) is 22.8. The van der Waals surface area contributed by atoms with Gasteiger partial charge in [0.25, 0.3) is 5.91 Å². The molecule has 2 aliphatic rings. The highest BCUT2D eigenvalue weighted by atomic mass is 16.2. The fourth-order valence-electron chi connectivity index (χ4n) is 4.42. The van der Waals surface area contributed by atoms with Crippen LogP contribution >= 0.6 is 0 Å². The first-order valence-electron chi connectivity index (χ1n) is 9.07. The van der Waals surface area contributed by atoms with E-state index in [-0.39, 0.29) is 5.91 Å². The molecule has 1 N–H and O–H groups in total. The second-order valence-electron chi connectivity index (χ2n) is 7.15. The van der Waals surface area contributed by atoms with Crippen LogP contribution in [0.2, 0.25) is 0 Å². The number of carbonyl (C=O) groups excluding carboxylic acids is 1. The number of aromatic amines is 1. The molecule has 2 fully saturated rings. The number of rotatable bonds is 3. The lowest BCUT2D eigenvalue weighted by Gasteiger charge is -2.29. The number of nitrogens with zero attached hydrogens (tertiary/aromatic N) is 2. The highest BCUT2D eigenvalue weighted by Crippen LogP contribution is 2.33. The lowest BCUT2D eigenvalue weighted by molar-refractivity contribution is 0.0707. The Bertz CT molecular complexity index is 687. The molecule has 1 amide bonds. The van der Waals surface area contributed by atoms with Crippen molar-refractivity contribution in [1.29, 1.82) is 0 Å². The van der Waals surface area contributed by atoms with Crippen LogP contribution < -0.4 is 0 Å². The van der Waals surface area contributed by atoms with Crippen LogP contribution in [0.4, 0.5) is 0 Å². The molecule has 4 nitrogen and oxygen atoms in total. The van der Waals surface area contributed by atoms with E-state index in [0.29, 0.717) is 11.7 Å². The minimum atomic E-state index is 0.112. The van der Waals surface area contributed by atoms with Crippen molar-refractivity contribution in [1.82, 2.24) is 15.1 Å². The van der Waals surface area contributed by atoms with Gasteiger partial charge in [-0.05, 0) is 31.2 Å². The fourth-order valence-corrected chi connectivity index (χ4v) is 4.42. The van der Waals surface area contributed by atoms with Gasteiger partial charge >= 0.3 is 0 Å². The molecule has 1 unspecified atom stereocenters. The zero-order valence-electron chi connectivity index (χ0n) is 13.6. The quantitative estimate of drug-likeness (QED) is 0.926. The zero-order chi connectivity index (χ0) is 15.6. The largest absolute Gasteiger partial charge is 0.334 e. The van der Waals surface area contributed by atoms with Crippen LogP contribution in [0, 0.1) is 5.92 Å². The molecule has 1 aliphatic carbocycles. The van der Waals surface area contributed by atoms with E-state index in [0.717, 1.165) is 36.2 Å². The Morgan fingerprint density at radius 1 is 1.13 bits per heavy atom. The molecule has 122 valence electrons. The molecule has 2 aromatic rings. The van der Waals surface area contributed by atoms with E-state index in [4.69, 9.17) is 0 Å². The summed E-state index contributed by atoms with van der Waals surface area (Å²) in [6.07, 6.45) is 10.3. The number of aromatic nitrogens is 2. The molecule has 0 bridgehead atoms. The van der Waals surface area contributed by atoms with Crippen molar-refractivity contribution < 1.29 is 4.79 Å². The Labute approximate surface area is 137 Å². The predicted octanol–water partition coefficient (Wildman–Crippen LogP) is 4.14. The maximum atomic E-state index is 13.0. The molecule has 1 aromatic heterocycles. The molecular weight excluding hydrogens is 286 g/mol. The first kappa shape index (κ1) is 14.7. The van der Waals surface area contributed by atoms with E-state index in [1.54, 1.807) is 0 Å². The zero-order valence-corrected chi connectivity index (χ0v) is 13.6. The number of H-pyrrole nitrogens is 1. The Morgan fingerprint density at radius 2 is 1.96 bits per heavy atom. The predicted molar refractivity (Wildman–Crippen MR) is 91.3 cm³/mol. The highest BCUT2D eigenvalue weighted by Gasteiger charge is 2.33. The van der Waals surface area contributed by atoms with Gasteiger partial charge in [0.2, 0.25) is 0 Å². The summed E-state index contributed by atoms with van der Waals surface area (Å²) in [6.45, 7) is 0.886. The average Bonchev–Trinajstić information content (AvgIpc) is 3.22. The van der Waals surface area contributed by atoms with Gasteiger partial charge in [0.1, 0.15) is 0 Å². The lowest BCUT2D eigenvalue weighted by atomic mass is 9.84. The average molecular weight is 311 g/mol. The van der Waals surface area contributed by atoms with Crippen molar-refractivity contribution in [3.8, 4) is 0 Å². The second-order valence-corrected chi connectivity index (χ2v) is 7.15. The minimum absolute atomic E-state index is 0.112. The van der Waals surface area contributed by atoms with E-state index in [1.807, 2.05) is 24.3 Å². The van der Waals surface area contributed by atoms with Crippen LogP contribution in [-0.2, 0) is 0 Å². The molecule has 1 saturated heterocycles. The third-order valence-corrected chi connectivity index (χ3v) is 5.64. The summed E-state index contributed by atoms with van der Waals surface area (Å²) in [5, 5.41) is 8.24. The molecule has 1 aliphatic heterocycles. The Kier molecular flexibility index (Phi) is 4.06. The van der Waals surface area contributed by atoms with Crippen molar-refractivity contribution in [2.45, 2.75) is 57.4 Å². The third kappa shape index (κ3) is 2.87. The van der Waals surface area contributed by atoms with E-state index >= 15 is 0 Å². The highest BCUT2D eigenvalue weighted by molar-refractivity contribution is 6.04. The molecule has 4 rings (SSSR count). The first-order chi connectivity index (χ1) is 11.3. The van der Waals surface area contributed by atoms with Gasteiger partial charge in [-0.1, -0.05) is 50.3 Å². The summed E-state index contributed by atoms with van der Waals surface area (Å²) in [5.74, 6) is 0.929. The maximum Gasteiger partial charge on any atom is 0.275 e. The van der Waals surface area contributed by atoms with Gasteiger partial charge in [0.05, 0.1) is 5.52 Å². The van der Waals surface area contributed by atoms with E-state index < -0.39 is 0 Å². The number of nitrogens with one attached hydrogen (secondary N) is 1. The van der Waals surface area contributed by atoms with Crippen molar-refractivity contribution in [2.24, 2.45) is 5.92 Å². The number of amides is 1. The maximum absolute atomic E-state index is 13.0. The Balaban J connectivity index is 1.52. The van der Waals surface area contributed by atoms with Crippen LogP contribution in [0.1, 0.15) is 61.9 Å². The monoisotopic (exact) mass is 311 g/mol. The summed E-state index contributed by atoms with van der Waals surface area (Å²) in [6, 6.07) is 8.32. The molecular formula is C19H25N3O. The van der Waals surface area contributed by atoms with Gasteiger partial charge < -0.3 is 4.90 Å². The van der Waals surface area contributed by atoms with Gasteiger partial charge in [-0.2, -0.15) is 5.10 Å². The van der Waals surface area contributed by atoms with Gasteiger partial charge in [0.15, 0.2) is 5.69 Å². The second kappa shape index (κ2) is 6.34. The number of carbonyl (C=O) groups is 1. The van der Waals surface area contributed by atoms with Gasteiger partial charge in [-0.3, -0.25) is 9.89 Å². The summed E-state index contributed by atoms with van der Waals surface area (Å²) >= 11 is 0. The van der Waals surface area contributed by atoms with Crippen molar-refractivity contribution in [2.75, 3.05) is 6.54 Å². The first-order valence-corrected chi connectivity index (χ1v) is 9.07. The Morgan fingerprint density at radius 3 is 2.83 bits per heavy atom. The minimum Gasteiger partial charge on any atom is -0.334 e. The van der Waals surface area contributed by atoms with Crippen molar-refractivity contribution >= 4 is 16.8 Å². The molecule has 1 saturated carbocycles. The van der Waals surface area contributed by atoms with Crippen LogP contribution in [0.15, 0.2) is 24.3 Å². The lowest BCUT2D eigenvalue weighted by Crippen LogP contribution is -2.37. The number of likely N-dealkylation sites (tertiary alicyclic amines) is 1. The molecule has 0 radical (unpaired) electrons. The summed E-state index contributed by atoms with van der Waals surface area (Å²) in [4.78, 5) is 15.1. The summed E-state index contributed by atoms with van der Waals surface area (Å²) < 4.78 is 0. The van der Waals surface area contributed by atoms with Crippen molar-refractivity contribution in [3.05, 3.63) is 30.0 Å². The van der Waals surface area contributed by atoms with Crippen LogP contribution in [0.5, 0.6) is 0 Å². The SMILES string of the molecule is O=C(c1n[nH]c2ccccc12)N1CCCC1CC1CCCCC1. The molecule has 0 spiro atoms. The summed E-state index contributed by atoms with van der Waals surface area (Å²) in [7, 11) is 0. The van der Waals surface area contributed by atoms with Gasteiger partial charge in [-0.25, -0.2) is 0 Å². The molecule has 23 heavy (non-hydrogen) atoms. The van der Waals surface area contributed by atoms with E-state index in [2.05, 4.69) is 15.1 Å². The third-order valence-electron chi connectivity index (χ3n) is 5.64. The summed E-state index contributed by atoms with van der Waals surface area (Å²) in [5.41, 5.74) is 1.54. The number of fused-ring (bicyclic) bond motifs is 1. The van der Waals surface area contributed by atoms with Crippen LogP contribution in [-0.4, -0.2) is 33.6 Å². The van der Waals surface area contributed by atoms with Crippen LogP contribution in [0.3, 0.4) is 0 Å². The van der Waals surface area contributed by atoms with Gasteiger partial charge in [0, 0.05) is 18.0 Å². The molecule has 4 heteroatoms. The number of hydrogen-bond donors (Lipinski definition) is 1.